The van der Waals surface area contributed by atoms with E-state index in [4.69, 9.17) is 9.31 Å². The van der Waals surface area contributed by atoms with Crippen LogP contribution in [0.25, 0.3) is 28.2 Å². The zero-order valence-electron chi connectivity index (χ0n) is 19.1. The van der Waals surface area contributed by atoms with Crippen LogP contribution in [0.15, 0.2) is 97.1 Å². The van der Waals surface area contributed by atoms with E-state index in [1.165, 1.54) is 0 Å². The van der Waals surface area contributed by atoms with E-state index < -0.39 is 18.3 Å². The number of nitrogens with zero attached hydrogens (tertiary/aromatic N) is 1. The van der Waals surface area contributed by atoms with Crippen molar-refractivity contribution in [1.29, 1.82) is 0 Å². The molecule has 32 heavy (non-hydrogen) atoms. The molecule has 1 aliphatic rings. The van der Waals surface area contributed by atoms with Crippen LogP contribution in [0.3, 0.4) is 0 Å². The highest BCUT2D eigenvalue weighted by Gasteiger charge is 2.53. The van der Waals surface area contributed by atoms with Crippen molar-refractivity contribution in [2.45, 2.75) is 38.9 Å². The molecule has 5 rings (SSSR count). The van der Waals surface area contributed by atoms with Crippen LogP contribution in [0, 0.1) is 0 Å². The number of rotatable bonds is 4. The molecule has 2 heterocycles. The molecule has 160 valence electrons. The maximum absolute atomic E-state index is 6.52. The molecular formula is C28H28BNO2. The summed E-state index contributed by atoms with van der Waals surface area (Å²) in [5.41, 5.74) is 5.81. The van der Waals surface area contributed by atoms with Gasteiger partial charge in [-0.1, -0.05) is 78.9 Å². The van der Waals surface area contributed by atoms with Gasteiger partial charge in [-0.05, 0) is 57.0 Å². The summed E-state index contributed by atoms with van der Waals surface area (Å²) in [5, 5.41) is 0. The van der Waals surface area contributed by atoms with Crippen LogP contribution in [-0.4, -0.2) is 22.9 Å². The van der Waals surface area contributed by atoms with Gasteiger partial charge in [0.2, 0.25) is 0 Å². The van der Waals surface area contributed by atoms with Gasteiger partial charge in [-0.25, -0.2) is 0 Å². The fourth-order valence-electron chi connectivity index (χ4n) is 4.24. The van der Waals surface area contributed by atoms with Gasteiger partial charge in [0.15, 0.2) is 0 Å². The first-order valence-corrected chi connectivity index (χ1v) is 11.1. The highest BCUT2D eigenvalue weighted by atomic mass is 16.7. The molecule has 1 saturated heterocycles. The summed E-state index contributed by atoms with van der Waals surface area (Å²) < 4.78 is 15.4. The van der Waals surface area contributed by atoms with Crippen molar-refractivity contribution >= 4 is 12.6 Å². The van der Waals surface area contributed by atoms with Crippen LogP contribution in [-0.2, 0) is 9.31 Å². The SMILES string of the molecule is CC1(C)OB(c2cc(-c3ccccc3)n(-c3ccccc3)c2-c2ccccc2)OC1(C)C. The predicted octanol–water partition coefficient (Wildman–Crippen LogP) is 6.11. The van der Waals surface area contributed by atoms with Gasteiger partial charge in [0.1, 0.15) is 0 Å². The minimum atomic E-state index is -0.456. The normalized spacial score (nSPS) is 16.9. The summed E-state index contributed by atoms with van der Waals surface area (Å²) >= 11 is 0. The summed E-state index contributed by atoms with van der Waals surface area (Å²) in [6, 6.07) is 33.7. The number of aromatic nitrogens is 1. The third-order valence-electron chi connectivity index (χ3n) is 6.67. The van der Waals surface area contributed by atoms with Crippen molar-refractivity contribution < 1.29 is 9.31 Å². The van der Waals surface area contributed by atoms with E-state index in [2.05, 4.69) is 111 Å². The van der Waals surface area contributed by atoms with Crippen molar-refractivity contribution in [1.82, 2.24) is 4.57 Å². The molecule has 0 radical (unpaired) electrons. The van der Waals surface area contributed by atoms with E-state index in [1.807, 2.05) is 18.2 Å². The van der Waals surface area contributed by atoms with Gasteiger partial charge in [0, 0.05) is 11.2 Å². The van der Waals surface area contributed by atoms with Gasteiger partial charge >= 0.3 is 7.12 Å². The van der Waals surface area contributed by atoms with Gasteiger partial charge in [0.05, 0.1) is 22.6 Å². The molecular weight excluding hydrogens is 393 g/mol. The molecule has 4 aromatic rings. The van der Waals surface area contributed by atoms with Gasteiger partial charge in [-0.3, -0.25) is 0 Å². The minimum Gasteiger partial charge on any atom is -0.399 e. The second kappa shape index (κ2) is 7.81. The number of para-hydroxylation sites is 1. The van der Waals surface area contributed by atoms with Crippen LogP contribution in [0.2, 0.25) is 0 Å². The molecule has 0 aliphatic carbocycles. The third-order valence-corrected chi connectivity index (χ3v) is 6.67. The van der Waals surface area contributed by atoms with Gasteiger partial charge < -0.3 is 13.9 Å². The summed E-state index contributed by atoms with van der Waals surface area (Å²) in [6.45, 7) is 8.39. The van der Waals surface area contributed by atoms with Crippen LogP contribution in [0.1, 0.15) is 27.7 Å². The first kappa shape index (κ1) is 20.8. The molecule has 0 amide bonds. The lowest BCUT2D eigenvalue weighted by Gasteiger charge is -2.32. The zero-order chi connectivity index (χ0) is 22.3. The third kappa shape index (κ3) is 3.50. The smallest absolute Gasteiger partial charge is 0.399 e. The average molecular weight is 421 g/mol. The Morgan fingerprint density at radius 2 is 1.09 bits per heavy atom. The maximum atomic E-state index is 6.52. The van der Waals surface area contributed by atoms with Crippen molar-refractivity contribution in [2.24, 2.45) is 0 Å². The highest BCUT2D eigenvalue weighted by Crippen LogP contribution is 2.39. The topological polar surface area (TPSA) is 23.4 Å². The summed E-state index contributed by atoms with van der Waals surface area (Å²) in [4.78, 5) is 0. The molecule has 0 N–H and O–H groups in total. The molecule has 3 aromatic carbocycles. The average Bonchev–Trinajstić information content (AvgIpc) is 3.30. The predicted molar refractivity (Wildman–Crippen MR) is 132 cm³/mol. The van der Waals surface area contributed by atoms with E-state index in [0.717, 1.165) is 33.7 Å². The summed E-state index contributed by atoms with van der Waals surface area (Å²) in [5.74, 6) is 0. The van der Waals surface area contributed by atoms with E-state index in [9.17, 15) is 0 Å². The number of benzene rings is 3. The molecule has 1 aromatic heterocycles. The Morgan fingerprint density at radius 3 is 1.62 bits per heavy atom. The fraction of sp³-hybridized carbons (Fsp3) is 0.214. The summed E-state index contributed by atoms with van der Waals surface area (Å²) in [7, 11) is -0.456. The van der Waals surface area contributed by atoms with E-state index in [1.54, 1.807) is 0 Å². The highest BCUT2D eigenvalue weighted by molar-refractivity contribution is 6.64. The first-order chi connectivity index (χ1) is 15.4. The summed E-state index contributed by atoms with van der Waals surface area (Å²) in [6.07, 6.45) is 0. The van der Waals surface area contributed by atoms with Crippen LogP contribution in [0.5, 0.6) is 0 Å². The Labute approximate surface area is 190 Å². The Hall–Kier alpha value is -3.08. The van der Waals surface area contributed by atoms with Crippen molar-refractivity contribution in [3.63, 3.8) is 0 Å². The lowest BCUT2D eigenvalue weighted by molar-refractivity contribution is 0.00578. The number of hydrogen-bond donors (Lipinski definition) is 0. The first-order valence-electron chi connectivity index (χ1n) is 11.1. The molecule has 0 atom stereocenters. The monoisotopic (exact) mass is 421 g/mol. The number of hydrogen-bond acceptors (Lipinski definition) is 2. The second-order valence-corrected chi connectivity index (χ2v) is 9.32. The van der Waals surface area contributed by atoms with Crippen molar-refractivity contribution in [3.8, 4) is 28.2 Å². The molecule has 0 unspecified atom stereocenters. The largest absolute Gasteiger partial charge is 0.497 e. The Bertz CT molecular complexity index is 1200. The Balaban J connectivity index is 1.80. The van der Waals surface area contributed by atoms with E-state index >= 15 is 0 Å². The van der Waals surface area contributed by atoms with Gasteiger partial charge in [-0.15, -0.1) is 0 Å². The Kier molecular flexibility index (Phi) is 5.08. The molecule has 0 bridgehead atoms. The Morgan fingerprint density at radius 1 is 0.625 bits per heavy atom. The fourth-order valence-corrected chi connectivity index (χ4v) is 4.24. The van der Waals surface area contributed by atoms with Crippen molar-refractivity contribution in [3.05, 3.63) is 97.1 Å². The molecule has 0 spiro atoms. The second-order valence-electron chi connectivity index (χ2n) is 9.32. The standard InChI is InChI=1S/C28H28BNO2/c1-27(2)28(3,4)32-29(31-27)24-20-25(21-14-8-5-9-15-21)30(23-18-12-7-13-19-23)26(24)22-16-10-6-11-17-22/h5-20H,1-4H3. The van der Waals surface area contributed by atoms with E-state index in [0.29, 0.717) is 0 Å². The van der Waals surface area contributed by atoms with Crippen molar-refractivity contribution in [2.75, 3.05) is 0 Å². The molecule has 1 fully saturated rings. The lowest BCUT2D eigenvalue weighted by Crippen LogP contribution is -2.41. The van der Waals surface area contributed by atoms with Crippen LogP contribution < -0.4 is 5.46 Å². The van der Waals surface area contributed by atoms with Crippen LogP contribution >= 0.6 is 0 Å². The molecule has 1 aliphatic heterocycles. The van der Waals surface area contributed by atoms with E-state index in [-0.39, 0.29) is 0 Å². The van der Waals surface area contributed by atoms with Crippen LogP contribution in [0.4, 0.5) is 0 Å². The zero-order valence-corrected chi connectivity index (χ0v) is 19.1. The minimum absolute atomic E-state index is 0.409. The lowest BCUT2D eigenvalue weighted by atomic mass is 9.77. The van der Waals surface area contributed by atoms with Gasteiger partial charge in [-0.2, -0.15) is 0 Å². The maximum Gasteiger partial charge on any atom is 0.497 e. The molecule has 3 nitrogen and oxygen atoms in total. The van der Waals surface area contributed by atoms with Gasteiger partial charge in [0.25, 0.3) is 0 Å². The molecule has 0 saturated carbocycles. The quantitative estimate of drug-likeness (QED) is 0.371. The molecule has 4 heteroatoms.